The van der Waals surface area contributed by atoms with E-state index < -0.39 is 0 Å². The lowest BCUT2D eigenvalue weighted by Gasteiger charge is -2.05. The van der Waals surface area contributed by atoms with Gasteiger partial charge in [0.15, 0.2) is 0 Å². The molecule has 0 bridgehead atoms. The Bertz CT molecular complexity index is 586. The molecule has 0 spiro atoms. The zero-order valence-electron chi connectivity index (χ0n) is 11.3. The molecule has 5 heteroatoms. The lowest BCUT2D eigenvalue weighted by molar-refractivity contribution is -0.118. The molecule has 0 fully saturated rings. The number of thioether (sulfide) groups is 1. The maximum Gasteiger partial charge on any atom is 0.230 e. The first-order chi connectivity index (χ1) is 10.1. The molecule has 2 rings (SSSR count). The van der Waals surface area contributed by atoms with Crippen molar-refractivity contribution < 1.29 is 9.18 Å². The maximum atomic E-state index is 12.7. The third kappa shape index (κ3) is 5.89. The van der Waals surface area contributed by atoms with E-state index in [0.29, 0.717) is 12.3 Å². The molecule has 0 atom stereocenters. The fraction of sp³-hybridized carbons (Fsp3) is 0.188. The quantitative estimate of drug-likeness (QED) is 0.831. The Morgan fingerprint density at radius 3 is 2.33 bits per heavy atom. The van der Waals surface area contributed by atoms with Crippen molar-refractivity contribution in [1.29, 1.82) is 0 Å². The van der Waals surface area contributed by atoms with E-state index in [0.717, 1.165) is 15.8 Å². The van der Waals surface area contributed by atoms with Crippen LogP contribution in [0.4, 0.5) is 4.39 Å². The van der Waals surface area contributed by atoms with E-state index in [1.165, 1.54) is 17.7 Å². The van der Waals surface area contributed by atoms with Gasteiger partial charge in [-0.2, -0.15) is 0 Å². The summed E-state index contributed by atoms with van der Waals surface area (Å²) in [5.41, 5.74) is 2.08. The van der Waals surface area contributed by atoms with Gasteiger partial charge in [0, 0.05) is 16.8 Å². The molecule has 0 aliphatic rings. The molecule has 0 saturated heterocycles. The fourth-order valence-electron chi connectivity index (χ4n) is 1.70. The highest BCUT2D eigenvalue weighted by Crippen LogP contribution is 2.15. The van der Waals surface area contributed by atoms with Gasteiger partial charge in [-0.05, 0) is 35.4 Å². The number of amides is 1. The highest BCUT2D eigenvalue weighted by atomic mass is 79.9. The van der Waals surface area contributed by atoms with Gasteiger partial charge in [0.2, 0.25) is 5.91 Å². The van der Waals surface area contributed by atoms with Crippen LogP contribution < -0.4 is 5.32 Å². The second-order valence-electron chi connectivity index (χ2n) is 4.52. The lowest BCUT2D eigenvalue weighted by Crippen LogP contribution is -2.24. The second-order valence-corrected chi connectivity index (χ2v) is 6.42. The van der Waals surface area contributed by atoms with Crippen molar-refractivity contribution in [2.45, 2.75) is 12.3 Å². The third-order valence-corrected chi connectivity index (χ3v) is 4.35. The minimum atomic E-state index is -0.268. The van der Waals surface area contributed by atoms with Gasteiger partial charge in [-0.3, -0.25) is 4.79 Å². The van der Waals surface area contributed by atoms with Crippen molar-refractivity contribution in [2.24, 2.45) is 0 Å². The Hall–Kier alpha value is -1.33. The van der Waals surface area contributed by atoms with E-state index in [4.69, 9.17) is 0 Å². The normalized spacial score (nSPS) is 10.4. The van der Waals surface area contributed by atoms with E-state index in [2.05, 4.69) is 21.2 Å². The fourth-order valence-corrected chi connectivity index (χ4v) is 2.78. The van der Waals surface area contributed by atoms with Gasteiger partial charge in [0.25, 0.3) is 0 Å². The van der Waals surface area contributed by atoms with Crippen LogP contribution in [0.5, 0.6) is 0 Å². The Morgan fingerprint density at radius 2 is 1.67 bits per heavy atom. The summed E-state index contributed by atoms with van der Waals surface area (Å²) in [6, 6.07) is 14.2. The van der Waals surface area contributed by atoms with Crippen LogP contribution in [0.2, 0.25) is 0 Å². The number of nitrogens with one attached hydrogen (secondary N) is 1. The van der Waals surface area contributed by atoms with Crippen LogP contribution in [0, 0.1) is 5.82 Å². The molecule has 0 aliphatic carbocycles. The summed E-state index contributed by atoms with van der Waals surface area (Å²) in [6.45, 7) is 0.429. The van der Waals surface area contributed by atoms with Crippen molar-refractivity contribution in [3.8, 4) is 0 Å². The molecule has 2 nitrogen and oxygen atoms in total. The summed E-state index contributed by atoms with van der Waals surface area (Å²) >= 11 is 4.96. The Kier molecular flexibility index (Phi) is 6.26. The summed E-state index contributed by atoms with van der Waals surface area (Å²) in [7, 11) is 0. The summed E-state index contributed by atoms with van der Waals surface area (Å²) in [6.07, 6.45) is 0. The van der Waals surface area contributed by atoms with Crippen LogP contribution in [-0.4, -0.2) is 11.7 Å². The van der Waals surface area contributed by atoms with Gasteiger partial charge in [-0.15, -0.1) is 11.8 Å². The number of rotatable bonds is 6. The van der Waals surface area contributed by atoms with Gasteiger partial charge in [0.1, 0.15) is 5.82 Å². The number of benzene rings is 2. The largest absolute Gasteiger partial charge is 0.351 e. The maximum absolute atomic E-state index is 12.7. The topological polar surface area (TPSA) is 29.1 Å². The number of carbonyl (C=O) groups is 1. The smallest absolute Gasteiger partial charge is 0.230 e. The lowest BCUT2D eigenvalue weighted by atomic mass is 10.2. The molecule has 0 aliphatic heterocycles. The first kappa shape index (κ1) is 16.0. The van der Waals surface area contributed by atoms with Gasteiger partial charge >= 0.3 is 0 Å². The average Bonchev–Trinajstić information content (AvgIpc) is 2.49. The SMILES string of the molecule is O=C(CSCc1ccc(Br)cc1)NCc1ccc(F)cc1. The van der Waals surface area contributed by atoms with E-state index in [1.807, 2.05) is 24.3 Å². The minimum Gasteiger partial charge on any atom is -0.351 e. The summed E-state index contributed by atoms with van der Waals surface area (Å²) in [5.74, 6) is 0.936. The van der Waals surface area contributed by atoms with E-state index in [9.17, 15) is 9.18 Å². The van der Waals surface area contributed by atoms with Crippen molar-refractivity contribution in [2.75, 3.05) is 5.75 Å². The number of halogens is 2. The molecule has 1 amide bonds. The average molecular weight is 368 g/mol. The zero-order chi connectivity index (χ0) is 15.1. The van der Waals surface area contributed by atoms with Gasteiger partial charge in [-0.1, -0.05) is 40.2 Å². The van der Waals surface area contributed by atoms with Crippen LogP contribution in [0.1, 0.15) is 11.1 Å². The first-order valence-corrected chi connectivity index (χ1v) is 8.41. The van der Waals surface area contributed by atoms with Crippen LogP contribution in [-0.2, 0) is 17.1 Å². The van der Waals surface area contributed by atoms with E-state index in [-0.39, 0.29) is 11.7 Å². The van der Waals surface area contributed by atoms with Crippen LogP contribution in [0.25, 0.3) is 0 Å². The standard InChI is InChI=1S/C16H15BrFNOS/c17-14-5-1-13(2-6-14)10-21-11-16(20)19-9-12-3-7-15(18)8-4-12/h1-8H,9-11H2,(H,19,20). The Labute approximate surface area is 136 Å². The molecule has 0 radical (unpaired) electrons. The van der Waals surface area contributed by atoms with Crippen LogP contribution in [0.3, 0.4) is 0 Å². The molecular formula is C16H15BrFNOS. The molecule has 2 aromatic carbocycles. The van der Waals surface area contributed by atoms with E-state index >= 15 is 0 Å². The van der Waals surface area contributed by atoms with Crippen molar-refractivity contribution >= 4 is 33.6 Å². The van der Waals surface area contributed by atoms with Gasteiger partial charge in [0.05, 0.1) is 5.75 Å². The highest BCUT2D eigenvalue weighted by molar-refractivity contribution is 9.10. The molecule has 0 unspecified atom stereocenters. The molecule has 21 heavy (non-hydrogen) atoms. The molecule has 0 aromatic heterocycles. The first-order valence-electron chi connectivity index (χ1n) is 6.47. The summed E-state index contributed by atoms with van der Waals surface area (Å²) < 4.78 is 13.8. The second kappa shape index (κ2) is 8.20. The predicted octanol–water partition coefficient (Wildman–Crippen LogP) is 4.14. The van der Waals surface area contributed by atoms with E-state index in [1.54, 1.807) is 23.9 Å². The Morgan fingerprint density at radius 1 is 1.05 bits per heavy atom. The molecule has 2 aromatic rings. The van der Waals surface area contributed by atoms with Crippen LogP contribution >= 0.6 is 27.7 Å². The third-order valence-electron chi connectivity index (χ3n) is 2.82. The number of hydrogen-bond acceptors (Lipinski definition) is 2. The van der Waals surface area contributed by atoms with Crippen molar-refractivity contribution in [1.82, 2.24) is 5.32 Å². The molecular weight excluding hydrogens is 353 g/mol. The number of carbonyl (C=O) groups excluding carboxylic acids is 1. The highest BCUT2D eigenvalue weighted by Gasteiger charge is 2.02. The van der Waals surface area contributed by atoms with Gasteiger partial charge < -0.3 is 5.32 Å². The predicted molar refractivity (Wildman–Crippen MR) is 88.6 cm³/mol. The van der Waals surface area contributed by atoms with Crippen molar-refractivity contribution in [3.63, 3.8) is 0 Å². The monoisotopic (exact) mass is 367 g/mol. The van der Waals surface area contributed by atoms with Crippen molar-refractivity contribution in [3.05, 3.63) is 69.9 Å². The summed E-state index contributed by atoms with van der Waals surface area (Å²) in [5, 5.41) is 2.82. The van der Waals surface area contributed by atoms with Gasteiger partial charge in [-0.25, -0.2) is 4.39 Å². The summed E-state index contributed by atoms with van der Waals surface area (Å²) in [4.78, 5) is 11.7. The van der Waals surface area contributed by atoms with Crippen LogP contribution in [0.15, 0.2) is 53.0 Å². The zero-order valence-corrected chi connectivity index (χ0v) is 13.7. The Balaban J connectivity index is 1.67. The number of hydrogen-bond donors (Lipinski definition) is 1. The molecule has 1 N–H and O–H groups in total. The molecule has 0 saturated carbocycles. The molecule has 110 valence electrons. The molecule has 0 heterocycles. The minimum absolute atomic E-state index is 0.0126.